The second-order valence-electron chi connectivity index (χ2n) is 3.47. The number of nitrogens with one attached hydrogen (secondary N) is 1. The number of hydrazine groups is 1. The molecule has 0 fully saturated rings. The molecule has 1 aromatic carbocycles. The topological polar surface area (TPSA) is 82.3 Å². The maximum absolute atomic E-state index is 5.97. The van der Waals surface area contributed by atoms with Crippen molar-refractivity contribution in [2.24, 2.45) is 5.84 Å². The zero-order valence-electron chi connectivity index (χ0n) is 10.3. The third-order valence-corrected chi connectivity index (χ3v) is 2.46. The lowest BCUT2D eigenvalue weighted by Gasteiger charge is -2.11. The number of nitrogen functional groups attached to an aromatic ring is 1. The van der Waals surface area contributed by atoms with Crippen molar-refractivity contribution in [2.45, 2.75) is 6.92 Å². The fourth-order valence-corrected chi connectivity index (χ4v) is 1.54. The predicted molar refractivity (Wildman–Crippen MR) is 72.5 cm³/mol. The Kier molecular flexibility index (Phi) is 4.38. The largest absolute Gasteiger partial charge is 0.490 e. The van der Waals surface area contributed by atoms with E-state index in [0.717, 1.165) is 0 Å². The molecule has 0 saturated heterocycles. The van der Waals surface area contributed by atoms with Crippen molar-refractivity contribution in [3.05, 3.63) is 35.5 Å². The number of hydrogen-bond donors (Lipinski definition) is 2. The Morgan fingerprint density at radius 2 is 2.05 bits per heavy atom. The first kappa shape index (κ1) is 13.4. The fraction of sp³-hybridized carbons (Fsp3) is 0.167. The van der Waals surface area contributed by atoms with Crippen LogP contribution in [0.3, 0.4) is 0 Å². The van der Waals surface area contributed by atoms with Gasteiger partial charge in [-0.25, -0.2) is 10.8 Å². The lowest BCUT2D eigenvalue weighted by atomic mass is 10.3. The van der Waals surface area contributed by atoms with Gasteiger partial charge in [0, 0.05) is 0 Å². The van der Waals surface area contributed by atoms with Crippen LogP contribution in [0.4, 0.5) is 5.95 Å². The number of rotatable bonds is 5. The average molecular weight is 281 g/mol. The fourth-order valence-electron chi connectivity index (χ4n) is 1.41. The van der Waals surface area contributed by atoms with Crippen LogP contribution in [0.25, 0.3) is 0 Å². The van der Waals surface area contributed by atoms with Gasteiger partial charge in [-0.15, -0.1) is 0 Å². The van der Waals surface area contributed by atoms with E-state index in [2.05, 4.69) is 15.4 Å². The van der Waals surface area contributed by atoms with Crippen LogP contribution in [0, 0.1) is 0 Å². The summed E-state index contributed by atoms with van der Waals surface area (Å²) in [5.41, 5.74) is 2.33. The van der Waals surface area contributed by atoms with E-state index in [1.165, 1.54) is 6.20 Å². The summed E-state index contributed by atoms with van der Waals surface area (Å²) < 4.78 is 11.1. The van der Waals surface area contributed by atoms with Gasteiger partial charge in [-0.05, 0) is 19.1 Å². The van der Waals surface area contributed by atoms with E-state index in [0.29, 0.717) is 18.1 Å². The van der Waals surface area contributed by atoms with Crippen LogP contribution in [0.15, 0.2) is 30.5 Å². The summed E-state index contributed by atoms with van der Waals surface area (Å²) in [5.74, 6) is 6.80. The zero-order valence-corrected chi connectivity index (χ0v) is 11.0. The zero-order chi connectivity index (χ0) is 13.7. The highest BCUT2D eigenvalue weighted by molar-refractivity contribution is 6.31. The molecule has 0 aliphatic heterocycles. The molecule has 0 aliphatic carbocycles. The van der Waals surface area contributed by atoms with Crippen molar-refractivity contribution in [1.29, 1.82) is 0 Å². The number of halogens is 1. The maximum atomic E-state index is 5.97. The van der Waals surface area contributed by atoms with Crippen LogP contribution in [0.5, 0.6) is 17.4 Å². The van der Waals surface area contributed by atoms with Crippen molar-refractivity contribution in [1.82, 2.24) is 9.97 Å². The summed E-state index contributed by atoms with van der Waals surface area (Å²) in [5, 5.41) is 0.283. The van der Waals surface area contributed by atoms with Gasteiger partial charge in [0.05, 0.1) is 12.8 Å². The highest BCUT2D eigenvalue weighted by Gasteiger charge is 2.10. The molecule has 0 atom stereocenters. The molecule has 6 nitrogen and oxygen atoms in total. The van der Waals surface area contributed by atoms with Gasteiger partial charge in [0.15, 0.2) is 11.5 Å². The summed E-state index contributed by atoms with van der Waals surface area (Å²) in [6.07, 6.45) is 1.41. The van der Waals surface area contributed by atoms with Crippen LogP contribution in [-0.4, -0.2) is 16.6 Å². The molecule has 0 unspecified atom stereocenters. The number of benzene rings is 1. The Hall–Kier alpha value is -2.05. The second-order valence-corrected chi connectivity index (χ2v) is 3.88. The molecule has 1 aromatic heterocycles. The molecule has 7 heteroatoms. The normalized spacial score (nSPS) is 10.1. The summed E-state index contributed by atoms with van der Waals surface area (Å²) in [4.78, 5) is 7.90. The second kappa shape index (κ2) is 6.21. The van der Waals surface area contributed by atoms with Gasteiger partial charge in [-0.2, -0.15) is 4.98 Å². The first-order valence-electron chi connectivity index (χ1n) is 5.63. The van der Waals surface area contributed by atoms with Gasteiger partial charge in [0.2, 0.25) is 11.8 Å². The number of para-hydroxylation sites is 2. The molecule has 0 aliphatic rings. The molecule has 0 saturated carbocycles. The van der Waals surface area contributed by atoms with E-state index in [1.807, 2.05) is 19.1 Å². The van der Waals surface area contributed by atoms with Gasteiger partial charge in [-0.3, -0.25) is 5.43 Å². The van der Waals surface area contributed by atoms with Crippen LogP contribution in [-0.2, 0) is 0 Å². The first-order chi connectivity index (χ1) is 9.24. The highest BCUT2D eigenvalue weighted by Crippen LogP contribution is 2.33. The van der Waals surface area contributed by atoms with E-state index < -0.39 is 0 Å². The molecule has 2 rings (SSSR count). The number of aromatic nitrogens is 2. The summed E-state index contributed by atoms with van der Waals surface area (Å²) in [6.45, 7) is 2.43. The monoisotopic (exact) mass is 280 g/mol. The molecule has 0 amide bonds. The maximum Gasteiger partial charge on any atom is 0.243 e. The van der Waals surface area contributed by atoms with Crippen molar-refractivity contribution in [3.8, 4) is 17.4 Å². The van der Waals surface area contributed by atoms with Crippen LogP contribution >= 0.6 is 11.6 Å². The number of nitrogens with zero attached hydrogens (tertiary/aromatic N) is 2. The van der Waals surface area contributed by atoms with E-state index in [1.54, 1.807) is 12.1 Å². The van der Waals surface area contributed by atoms with Gasteiger partial charge in [0.25, 0.3) is 0 Å². The van der Waals surface area contributed by atoms with Crippen LogP contribution < -0.4 is 20.7 Å². The van der Waals surface area contributed by atoms with E-state index in [-0.39, 0.29) is 16.9 Å². The number of hydrogen-bond acceptors (Lipinski definition) is 6. The number of anilines is 1. The molecule has 0 spiro atoms. The minimum Gasteiger partial charge on any atom is -0.490 e. The summed E-state index contributed by atoms with van der Waals surface area (Å²) in [7, 11) is 0. The standard InChI is InChI=1S/C12H13ClN4O2/c1-2-18-9-5-3-4-6-10(9)19-11-8(13)7-15-12(16-11)17-14/h3-7H,2,14H2,1H3,(H,15,16,17). The smallest absolute Gasteiger partial charge is 0.243 e. The van der Waals surface area contributed by atoms with Crippen molar-refractivity contribution >= 4 is 17.5 Å². The van der Waals surface area contributed by atoms with Crippen molar-refractivity contribution in [2.75, 3.05) is 12.0 Å². The molecule has 3 N–H and O–H groups in total. The van der Waals surface area contributed by atoms with Crippen molar-refractivity contribution in [3.63, 3.8) is 0 Å². The minimum atomic E-state index is 0.205. The Morgan fingerprint density at radius 1 is 1.32 bits per heavy atom. The Labute approximate surface area is 115 Å². The Bertz CT molecular complexity index is 565. The Morgan fingerprint density at radius 3 is 2.74 bits per heavy atom. The SMILES string of the molecule is CCOc1ccccc1Oc1nc(NN)ncc1Cl. The predicted octanol–water partition coefficient (Wildman–Crippen LogP) is 2.61. The lowest BCUT2D eigenvalue weighted by molar-refractivity contribution is 0.319. The highest BCUT2D eigenvalue weighted by atomic mass is 35.5. The molecule has 19 heavy (non-hydrogen) atoms. The first-order valence-corrected chi connectivity index (χ1v) is 6.01. The molecule has 0 radical (unpaired) electrons. The van der Waals surface area contributed by atoms with Gasteiger partial charge in [0.1, 0.15) is 5.02 Å². The minimum absolute atomic E-state index is 0.205. The molecule has 100 valence electrons. The molecule has 2 aromatic rings. The number of ether oxygens (including phenoxy) is 2. The summed E-state index contributed by atoms with van der Waals surface area (Å²) in [6, 6.07) is 7.25. The van der Waals surface area contributed by atoms with Crippen LogP contribution in [0.2, 0.25) is 5.02 Å². The average Bonchev–Trinajstić information content (AvgIpc) is 2.43. The Balaban J connectivity index is 2.30. The van der Waals surface area contributed by atoms with Crippen molar-refractivity contribution < 1.29 is 9.47 Å². The van der Waals surface area contributed by atoms with E-state index in [9.17, 15) is 0 Å². The molecular weight excluding hydrogens is 268 g/mol. The van der Waals surface area contributed by atoms with E-state index >= 15 is 0 Å². The molecule has 1 heterocycles. The third kappa shape index (κ3) is 3.24. The summed E-state index contributed by atoms with van der Waals surface area (Å²) >= 11 is 5.97. The van der Waals surface area contributed by atoms with E-state index in [4.69, 9.17) is 26.9 Å². The molecule has 0 bridgehead atoms. The van der Waals surface area contributed by atoms with Crippen LogP contribution in [0.1, 0.15) is 6.92 Å². The quantitative estimate of drug-likeness (QED) is 0.647. The lowest BCUT2D eigenvalue weighted by Crippen LogP contribution is -2.10. The molecular formula is C12H13ClN4O2. The number of nitrogens with two attached hydrogens (primary N) is 1. The van der Waals surface area contributed by atoms with Gasteiger partial charge >= 0.3 is 0 Å². The van der Waals surface area contributed by atoms with Gasteiger partial charge in [-0.1, -0.05) is 23.7 Å². The van der Waals surface area contributed by atoms with Gasteiger partial charge < -0.3 is 9.47 Å². The third-order valence-electron chi connectivity index (χ3n) is 2.20.